The van der Waals surface area contributed by atoms with E-state index in [2.05, 4.69) is 74.4 Å². The second kappa shape index (κ2) is 3.03. The highest BCUT2D eigenvalue weighted by Crippen LogP contribution is 2.26. The molecule has 0 radical (unpaired) electrons. The second-order valence-electron chi connectivity index (χ2n) is 2.70. The minimum absolute atomic E-state index is 1.16. The summed E-state index contributed by atoms with van der Waals surface area (Å²) in [7, 11) is 2.08. The van der Waals surface area contributed by atoms with Crippen molar-refractivity contribution < 1.29 is 0 Å². The lowest BCUT2D eigenvalue weighted by Gasteiger charge is -1.99. The van der Waals surface area contributed by atoms with Crippen LogP contribution in [0, 0.1) is 3.70 Å². The average molecular weight is 336 g/mol. The molecule has 1 aromatic heterocycles. The van der Waals surface area contributed by atoms with Crippen LogP contribution in [0.25, 0.3) is 10.9 Å². The maximum absolute atomic E-state index is 3.54. The standard InChI is InChI=1S/C9H7BrIN/c1-12-8(11)5-6-3-2-4-7(10)9(6)12/h2-5H,1H3. The molecule has 12 heavy (non-hydrogen) atoms. The van der Waals surface area contributed by atoms with Crippen molar-refractivity contribution in [1.82, 2.24) is 4.57 Å². The molecular weight excluding hydrogens is 329 g/mol. The Morgan fingerprint density at radius 1 is 1.42 bits per heavy atom. The third-order valence-electron chi connectivity index (χ3n) is 1.95. The molecular formula is C9H7BrIN. The van der Waals surface area contributed by atoms with E-state index >= 15 is 0 Å². The monoisotopic (exact) mass is 335 g/mol. The Morgan fingerprint density at radius 3 is 2.83 bits per heavy atom. The van der Waals surface area contributed by atoms with Crippen molar-refractivity contribution >= 4 is 49.4 Å². The predicted octanol–water partition coefficient (Wildman–Crippen LogP) is 3.55. The molecule has 62 valence electrons. The summed E-state index contributed by atoms with van der Waals surface area (Å²) in [5.41, 5.74) is 1.27. The van der Waals surface area contributed by atoms with Crippen LogP contribution in [-0.4, -0.2) is 4.57 Å². The largest absolute Gasteiger partial charge is 0.338 e. The van der Waals surface area contributed by atoms with E-state index in [1.165, 1.54) is 14.6 Å². The van der Waals surface area contributed by atoms with E-state index in [0.29, 0.717) is 0 Å². The molecule has 0 spiro atoms. The van der Waals surface area contributed by atoms with E-state index in [0.717, 1.165) is 4.47 Å². The van der Waals surface area contributed by atoms with Crippen molar-refractivity contribution in [1.29, 1.82) is 0 Å². The van der Waals surface area contributed by atoms with Crippen LogP contribution in [0.1, 0.15) is 0 Å². The topological polar surface area (TPSA) is 4.93 Å². The zero-order chi connectivity index (χ0) is 8.72. The maximum atomic E-state index is 3.54. The highest BCUT2D eigenvalue weighted by molar-refractivity contribution is 14.1. The van der Waals surface area contributed by atoms with Gasteiger partial charge in [-0.25, -0.2) is 0 Å². The van der Waals surface area contributed by atoms with E-state index < -0.39 is 0 Å². The van der Waals surface area contributed by atoms with Crippen LogP contribution in [0.4, 0.5) is 0 Å². The highest BCUT2D eigenvalue weighted by atomic mass is 127. The van der Waals surface area contributed by atoms with Gasteiger partial charge in [0.2, 0.25) is 0 Å². The lowest BCUT2D eigenvalue weighted by atomic mass is 10.2. The molecule has 3 heteroatoms. The first-order valence-corrected chi connectivity index (χ1v) is 5.47. The lowest BCUT2D eigenvalue weighted by Crippen LogP contribution is -1.89. The van der Waals surface area contributed by atoms with Crippen LogP contribution in [0.15, 0.2) is 28.7 Å². The van der Waals surface area contributed by atoms with Gasteiger partial charge >= 0.3 is 0 Å². The van der Waals surface area contributed by atoms with Crippen LogP contribution in [0.3, 0.4) is 0 Å². The molecule has 1 heterocycles. The van der Waals surface area contributed by atoms with Gasteiger partial charge in [0.05, 0.1) is 9.22 Å². The smallest absolute Gasteiger partial charge is 0.0806 e. The molecule has 0 aliphatic rings. The second-order valence-corrected chi connectivity index (χ2v) is 4.66. The van der Waals surface area contributed by atoms with E-state index in [1.807, 2.05) is 0 Å². The molecule has 0 unspecified atom stereocenters. The number of para-hydroxylation sites is 1. The van der Waals surface area contributed by atoms with Gasteiger partial charge in [-0.2, -0.15) is 0 Å². The zero-order valence-corrected chi connectivity index (χ0v) is 10.3. The number of hydrogen-bond donors (Lipinski definition) is 0. The maximum Gasteiger partial charge on any atom is 0.0806 e. The SMILES string of the molecule is Cn1c(I)cc2cccc(Br)c21. The minimum atomic E-state index is 1.16. The molecule has 0 aliphatic heterocycles. The van der Waals surface area contributed by atoms with Gasteiger partial charge in [-0.05, 0) is 50.7 Å². The van der Waals surface area contributed by atoms with Gasteiger partial charge in [-0.3, -0.25) is 0 Å². The van der Waals surface area contributed by atoms with Gasteiger partial charge in [-0.1, -0.05) is 12.1 Å². The predicted molar refractivity (Wildman–Crippen MR) is 63.3 cm³/mol. The minimum Gasteiger partial charge on any atom is -0.338 e. The normalized spacial score (nSPS) is 10.9. The summed E-state index contributed by atoms with van der Waals surface area (Å²) in [5, 5.41) is 1.29. The Kier molecular flexibility index (Phi) is 2.16. The van der Waals surface area contributed by atoms with Crippen molar-refractivity contribution in [3.63, 3.8) is 0 Å². The molecule has 2 rings (SSSR count). The van der Waals surface area contributed by atoms with E-state index in [-0.39, 0.29) is 0 Å². The van der Waals surface area contributed by atoms with E-state index in [9.17, 15) is 0 Å². The fourth-order valence-corrected chi connectivity index (χ4v) is 2.56. The first-order chi connectivity index (χ1) is 5.70. The van der Waals surface area contributed by atoms with Crippen LogP contribution >= 0.6 is 38.5 Å². The summed E-state index contributed by atoms with van der Waals surface area (Å²) >= 11 is 5.87. The van der Waals surface area contributed by atoms with Crippen LogP contribution in [0.2, 0.25) is 0 Å². The van der Waals surface area contributed by atoms with Crippen LogP contribution < -0.4 is 0 Å². The number of hydrogen-bond acceptors (Lipinski definition) is 0. The van der Waals surface area contributed by atoms with E-state index in [1.54, 1.807) is 0 Å². The van der Waals surface area contributed by atoms with Crippen molar-refractivity contribution in [2.75, 3.05) is 0 Å². The molecule has 0 fully saturated rings. The van der Waals surface area contributed by atoms with Crippen molar-refractivity contribution in [2.24, 2.45) is 7.05 Å². The van der Waals surface area contributed by atoms with Crippen molar-refractivity contribution in [3.05, 3.63) is 32.4 Å². The van der Waals surface area contributed by atoms with Gasteiger partial charge in [0.15, 0.2) is 0 Å². The Hall–Kier alpha value is -0.0300. The molecule has 2 aromatic rings. The number of nitrogens with zero attached hydrogens (tertiary/aromatic N) is 1. The third-order valence-corrected chi connectivity index (χ3v) is 3.62. The summed E-state index contributed by atoms with van der Waals surface area (Å²) in [4.78, 5) is 0. The Balaban J connectivity index is 2.97. The average Bonchev–Trinajstić information content (AvgIpc) is 2.29. The highest BCUT2D eigenvalue weighted by Gasteiger charge is 2.04. The fraction of sp³-hybridized carbons (Fsp3) is 0.111. The molecule has 0 N–H and O–H groups in total. The van der Waals surface area contributed by atoms with Gasteiger partial charge < -0.3 is 4.57 Å². The fourth-order valence-electron chi connectivity index (χ4n) is 1.33. The summed E-state index contributed by atoms with van der Waals surface area (Å²) in [6, 6.07) is 8.43. The van der Waals surface area contributed by atoms with Crippen molar-refractivity contribution in [3.8, 4) is 0 Å². The number of fused-ring (bicyclic) bond motifs is 1. The first kappa shape index (κ1) is 8.56. The molecule has 0 atom stereocenters. The van der Waals surface area contributed by atoms with E-state index in [4.69, 9.17) is 0 Å². The van der Waals surface area contributed by atoms with Gasteiger partial charge in [0.25, 0.3) is 0 Å². The van der Waals surface area contributed by atoms with Gasteiger partial charge in [0.1, 0.15) is 0 Å². The molecule has 0 amide bonds. The summed E-state index contributed by atoms with van der Waals surface area (Å²) < 4.78 is 4.60. The molecule has 0 aliphatic carbocycles. The number of halogens is 2. The number of aryl methyl sites for hydroxylation is 1. The summed E-state index contributed by atoms with van der Waals surface area (Å²) in [6.45, 7) is 0. The summed E-state index contributed by atoms with van der Waals surface area (Å²) in [5.74, 6) is 0. The molecule has 0 saturated heterocycles. The van der Waals surface area contributed by atoms with Crippen molar-refractivity contribution in [2.45, 2.75) is 0 Å². The quantitative estimate of drug-likeness (QED) is 0.649. The Labute approximate surface area is 93.0 Å². The number of rotatable bonds is 0. The lowest BCUT2D eigenvalue weighted by molar-refractivity contribution is 0.936. The third kappa shape index (κ3) is 1.19. The van der Waals surface area contributed by atoms with Gasteiger partial charge in [-0.15, -0.1) is 0 Å². The molecule has 0 saturated carbocycles. The Bertz CT molecular complexity index is 433. The summed E-state index contributed by atoms with van der Waals surface area (Å²) in [6.07, 6.45) is 0. The first-order valence-electron chi connectivity index (χ1n) is 3.59. The zero-order valence-electron chi connectivity index (χ0n) is 6.51. The Morgan fingerprint density at radius 2 is 2.17 bits per heavy atom. The van der Waals surface area contributed by atoms with Crippen LogP contribution in [-0.2, 0) is 7.05 Å². The van der Waals surface area contributed by atoms with Gasteiger partial charge in [0, 0.05) is 16.9 Å². The number of benzene rings is 1. The number of aromatic nitrogens is 1. The molecule has 1 aromatic carbocycles. The molecule has 1 nitrogen and oxygen atoms in total. The molecule has 0 bridgehead atoms. The van der Waals surface area contributed by atoms with Crippen LogP contribution in [0.5, 0.6) is 0 Å².